The monoisotopic (exact) mass is 261 g/mol. The third kappa shape index (κ3) is 4.32. The average molecular weight is 262 g/mol. The number of alkyl halides is 3. The largest absolute Gasteiger partial charge is 0.390 e. The predicted octanol–water partition coefficient (Wildman–Crippen LogP) is 3.34. The summed E-state index contributed by atoms with van der Waals surface area (Å²) in [6.45, 7) is 0. The van der Waals surface area contributed by atoms with E-state index in [2.05, 4.69) is 0 Å². The van der Waals surface area contributed by atoms with E-state index in [1.807, 2.05) is 0 Å². The van der Waals surface area contributed by atoms with Gasteiger partial charge in [0, 0.05) is 17.7 Å². The second-order valence-electron chi connectivity index (χ2n) is 3.09. The Labute approximate surface area is 94.8 Å². The summed E-state index contributed by atoms with van der Waals surface area (Å²) in [5, 5.41) is 0. The lowest BCUT2D eigenvalue weighted by molar-refractivity contribution is -0.138. The van der Waals surface area contributed by atoms with Gasteiger partial charge in [-0.15, -0.1) is 12.4 Å². The summed E-state index contributed by atoms with van der Waals surface area (Å²) < 4.78 is 61.2. The highest BCUT2D eigenvalue weighted by Crippen LogP contribution is 2.29. The van der Waals surface area contributed by atoms with Crippen molar-refractivity contribution in [2.24, 2.45) is 5.73 Å². The maximum absolute atomic E-state index is 13.0. The number of halogens is 6. The molecule has 0 aliphatic carbocycles. The highest BCUT2D eigenvalue weighted by molar-refractivity contribution is 5.85. The van der Waals surface area contributed by atoms with Gasteiger partial charge >= 0.3 is 6.18 Å². The summed E-state index contributed by atoms with van der Waals surface area (Å²) in [4.78, 5) is 0. The molecule has 1 nitrogen and oxygen atoms in total. The Morgan fingerprint density at radius 3 is 2.19 bits per heavy atom. The van der Waals surface area contributed by atoms with Gasteiger partial charge in [-0.2, -0.15) is 13.2 Å². The second-order valence-corrected chi connectivity index (χ2v) is 3.09. The fourth-order valence-corrected chi connectivity index (χ4v) is 1.16. The van der Waals surface area contributed by atoms with Crippen molar-refractivity contribution >= 4 is 12.4 Å². The molecule has 1 aromatic carbocycles. The van der Waals surface area contributed by atoms with Crippen LogP contribution in [0.5, 0.6) is 0 Å². The minimum absolute atomic E-state index is 0. The van der Waals surface area contributed by atoms with Gasteiger partial charge in [0.2, 0.25) is 0 Å². The summed E-state index contributed by atoms with van der Waals surface area (Å²) >= 11 is 0. The number of hydrogen-bond donors (Lipinski definition) is 1. The highest BCUT2D eigenvalue weighted by atomic mass is 35.5. The van der Waals surface area contributed by atoms with E-state index in [4.69, 9.17) is 5.73 Å². The predicted molar refractivity (Wildman–Crippen MR) is 51.2 cm³/mol. The third-order valence-corrected chi connectivity index (χ3v) is 1.81. The fourth-order valence-electron chi connectivity index (χ4n) is 1.16. The summed E-state index contributed by atoms with van der Waals surface area (Å²) in [5.74, 6) is -1.91. The molecule has 2 N–H and O–H groups in total. The van der Waals surface area contributed by atoms with E-state index in [9.17, 15) is 22.0 Å². The number of hydrogen-bond acceptors (Lipinski definition) is 1. The number of nitrogens with two attached hydrogens (primary N) is 1. The van der Waals surface area contributed by atoms with E-state index in [1.165, 1.54) is 0 Å². The molecule has 0 spiro atoms. The summed E-state index contributed by atoms with van der Waals surface area (Å²) in [5.41, 5.74) is 4.81. The fraction of sp³-hybridized carbons (Fsp3) is 0.333. The standard InChI is InChI=1S/C9H8F5N.ClH/c10-5-1-2-6(7(11)3-5)8(15)4-9(12,13)14;/h1-3,8H,4,15H2;1H/t8-;/m1./s1. The van der Waals surface area contributed by atoms with Crippen LogP contribution in [0, 0.1) is 11.6 Å². The Balaban J connectivity index is 0.00000225. The summed E-state index contributed by atoms with van der Waals surface area (Å²) in [6.07, 6.45) is -5.81. The number of rotatable bonds is 2. The summed E-state index contributed by atoms with van der Waals surface area (Å²) in [7, 11) is 0. The minimum atomic E-state index is -4.47. The first-order chi connectivity index (χ1) is 6.79. The van der Waals surface area contributed by atoms with Crippen LogP contribution >= 0.6 is 12.4 Å². The van der Waals surface area contributed by atoms with Crippen molar-refractivity contribution in [2.45, 2.75) is 18.6 Å². The van der Waals surface area contributed by atoms with Crippen LogP contribution in [0.15, 0.2) is 18.2 Å². The highest BCUT2D eigenvalue weighted by Gasteiger charge is 2.31. The lowest BCUT2D eigenvalue weighted by Crippen LogP contribution is -2.21. The van der Waals surface area contributed by atoms with Gasteiger partial charge in [-0.1, -0.05) is 6.07 Å². The first-order valence-electron chi connectivity index (χ1n) is 4.07. The van der Waals surface area contributed by atoms with Crippen LogP contribution in [0.1, 0.15) is 18.0 Å². The molecular formula is C9H9ClF5N. The zero-order chi connectivity index (χ0) is 11.6. The van der Waals surface area contributed by atoms with Crippen molar-refractivity contribution in [3.63, 3.8) is 0 Å². The molecule has 0 amide bonds. The van der Waals surface area contributed by atoms with Crippen molar-refractivity contribution < 1.29 is 22.0 Å². The first kappa shape index (κ1) is 15.1. The molecule has 0 aliphatic rings. The Bertz CT molecular complexity index is 352. The molecule has 0 saturated heterocycles. The van der Waals surface area contributed by atoms with Crippen LogP contribution in [-0.4, -0.2) is 6.18 Å². The van der Waals surface area contributed by atoms with Gasteiger partial charge in [-0.25, -0.2) is 8.78 Å². The molecule has 0 fully saturated rings. The molecular weight excluding hydrogens is 253 g/mol. The quantitative estimate of drug-likeness (QED) is 0.812. The summed E-state index contributed by atoms with van der Waals surface area (Å²) in [6, 6.07) is 0.784. The second kappa shape index (κ2) is 5.45. The molecule has 0 radical (unpaired) electrons. The molecule has 0 aliphatic heterocycles. The van der Waals surface area contributed by atoms with E-state index in [0.29, 0.717) is 6.07 Å². The Morgan fingerprint density at radius 2 is 1.75 bits per heavy atom. The molecule has 0 unspecified atom stereocenters. The molecule has 0 heterocycles. The van der Waals surface area contributed by atoms with Gasteiger partial charge in [-0.05, 0) is 6.07 Å². The van der Waals surface area contributed by atoms with Crippen molar-refractivity contribution in [1.29, 1.82) is 0 Å². The number of benzene rings is 1. The lowest BCUT2D eigenvalue weighted by atomic mass is 10.0. The van der Waals surface area contributed by atoms with Crippen LogP contribution in [0.4, 0.5) is 22.0 Å². The molecule has 0 bridgehead atoms. The molecule has 92 valence electrons. The van der Waals surface area contributed by atoms with Gasteiger partial charge in [0.05, 0.1) is 6.42 Å². The Morgan fingerprint density at radius 1 is 1.19 bits per heavy atom. The van der Waals surface area contributed by atoms with E-state index < -0.39 is 30.3 Å². The van der Waals surface area contributed by atoms with Gasteiger partial charge in [-0.3, -0.25) is 0 Å². The van der Waals surface area contributed by atoms with Gasteiger partial charge < -0.3 is 5.73 Å². The molecule has 0 aromatic heterocycles. The topological polar surface area (TPSA) is 26.0 Å². The molecule has 1 atom stereocenters. The smallest absolute Gasteiger partial charge is 0.324 e. The first-order valence-corrected chi connectivity index (χ1v) is 4.07. The van der Waals surface area contributed by atoms with E-state index >= 15 is 0 Å². The van der Waals surface area contributed by atoms with Crippen LogP contribution in [-0.2, 0) is 0 Å². The normalized spacial score (nSPS) is 13.1. The Kier molecular flexibility index (Phi) is 5.15. The molecule has 1 rings (SSSR count). The zero-order valence-corrected chi connectivity index (χ0v) is 8.71. The maximum atomic E-state index is 13.0. The van der Waals surface area contributed by atoms with Crippen molar-refractivity contribution in [3.05, 3.63) is 35.4 Å². The SMILES string of the molecule is Cl.N[C@H](CC(F)(F)F)c1ccc(F)cc1F. The van der Waals surface area contributed by atoms with Crippen LogP contribution in [0.25, 0.3) is 0 Å². The average Bonchev–Trinajstić information content (AvgIpc) is 1.99. The maximum Gasteiger partial charge on any atom is 0.390 e. The van der Waals surface area contributed by atoms with Gasteiger partial charge in [0.1, 0.15) is 11.6 Å². The third-order valence-electron chi connectivity index (χ3n) is 1.81. The minimum Gasteiger partial charge on any atom is -0.324 e. The van der Waals surface area contributed by atoms with E-state index in [0.717, 1.165) is 12.1 Å². The lowest BCUT2D eigenvalue weighted by Gasteiger charge is -2.14. The zero-order valence-electron chi connectivity index (χ0n) is 7.89. The molecule has 0 saturated carbocycles. The Hall–Kier alpha value is -0.880. The molecule has 7 heteroatoms. The van der Waals surface area contributed by atoms with Crippen molar-refractivity contribution in [2.75, 3.05) is 0 Å². The van der Waals surface area contributed by atoms with E-state index in [-0.39, 0.29) is 18.0 Å². The van der Waals surface area contributed by atoms with Gasteiger partial charge in [0.15, 0.2) is 0 Å². The van der Waals surface area contributed by atoms with Crippen molar-refractivity contribution in [1.82, 2.24) is 0 Å². The molecule has 16 heavy (non-hydrogen) atoms. The van der Waals surface area contributed by atoms with Crippen molar-refractivity contribution in [3.8, 4) is 0 Å². The van der Waals surface area contributed by atoms with E-state index in [1.54, 1.807) is 0 Å². The van der Waals surface area contributed by atoms with Crippen LogP contribution in [0.2, 0.25) is 0 Å². The van der Waals surface area contributed by atoms with Crippen LogP contribution < -0.4 is 5.73 Å². The van der Waals surface area contributed by atoms with Crippen LogP contribution in [0.3, 0.4) is 0 Å². The van der Waals surface area contributed by atoms with Gasteiger partial charge in [0.25, 0.3) is 0 Å². The molecule has 1 aromatic rings.